The van der Waals surface area contributed by atoms with Crippen molar-refractivity contribution in [3.05, 3.63) is 57.6 Å². The van der Waals surface area contributed by atoms with Gasteiger partial charge in [0.1, 0.15) is 0 Å². The molecule has 2 nitrogen and oxygen atoms in total. The third-order valence-corrected chi connectivity index (χ3v) is 4.00. The van der Waals surface area contributed by atoms with Gasteiger partial charge in [0.15, 0.2) is 21.9 Å². The van der Waals surface area contributed by atoms with Gasteiger partial charge in [0, 0.05) is 23.5 Å². The molecule has 0 aromatic carbocycles. The number of halogens is 5. The molecule has 2 aromatic rings. The summed E-state index contributed by atoms with van der Waals surface area (Å²) < 4.78 is 25.2. The summed E-state index contributed by atoms with van der Waals surface area (Å²) in [5.74, 6) is -0.155. The standard InChI is InChI=1S/C7H7ClFNS.C6H4BrClFN.CH4S.CH4.Na/c1-11-4-5-2-6(9)7(8)10-3-5;7-2-4-1-5(9)6(8)10-3-4;1-2;;/h2-3H,4H2,1H3;1,3H,2H2;2H,1H3;1H4;/q;;;;+1/p-1. The van der Waals surface area contributed by atoms with Gasteiger partial charge in [-0.15, -0.1) is 0 Å². The van der Waals surface area contributed by atoms with Gasteiger partial charge in [0.25, 0.3) is 0 Å². The monoisotopic (exact) mass is 500 g/mol. The normalized spacial score (nSPS) is 8.64. The number of hydrogen-bond acceptors (Lipinski definition) is 4. The first kappa shape index (κ1) is 30.6. The summed E-state index contributed by atoms with van der Waals surface area (Å²) in [4.78, 5) is 7.28. The van der Waals surface area contributed by atoms with E-state index in [-0.39, 0.29) is 47.3 Å². The fourth-order valence-corrected chi connectivity index (χ4v) is 2.24. The van der Waals surface area contributed by atoms with E-state index < -0.39 is 11.6 Å². The van der Waals surface area contributed by atoms with Crippen molar-refractivity contribution in [2.45, 2.75) is 18.5 Å². The summed E-state index contributed by atoms with van der Waals surface area (Å²) in [6.07, 6.45) is 6.65. The van der Waals surface area contributed by atoms with Crippen LogP contribution >= 0.6 is 50.9 Å². The van der Waals surface area contributed by atoms with Crippen molar-refractivity contribution in [1.82, 2.24) is 9.97 Å². The molecule has 2 rings (SSSR count). The molecule has 0 saturated carbocycles. The Labute approximate surface area is 198 Å². The van der Waals surface area contributed by atoms with Crippen LogP contribution < -0.4 is 29.6 Å². The van der Waals surface area contributed by atoms with Gasteiger partial charge < -0.3 is 12.6 Å². The van der Waals surface area contributed by atoms with Crippen molar-refractivity contribution < 1.29 is 38.3 Å². The summed E-state index contributed by atoms with van der Waals surface area (Å²) in [7, 11) is 0. The van der Waals surface area contributed by atoms with Gasteiger partial charge in [-0.05, 0) is 29.5 Å². The van der Waals surface area contributed by atoms with Crippen LogP contribution in [0.1, 0.15) is 18.6 Å². The SMILES string of the molecule is C.CSCc1cnc(Cl)c(F)c1.C[S-].Fc1cc(CBr)cnc1Cl.[Na+]. The van der Waals surface area contributed by atoms with Crippen LogP contribution in [-0.2, 0) is 23.7 Å². The first-order valence-corrected chi connectivity index (χ1v) is 10.1. The van der Waals surface area contributed by atoms with Gasteiger partial charge in [0.05, 0.1) is 0 Å². The molecule has 2 aromatic heterocycles. The van der Waals surface area contributed by atoms with Crippen molar-refractivity contribution in [2.75, 3.05) is 12.5 Å². The minimum Gasteiger partial charge on any atom is -0.796 e. The molecule has 0 unspecified atom stereocenters. The Morgan fingerprint density at radius 3 is 1.80 bits per heavy atom. The van der Waals surface area contributed by atoms with E-state index in [0.29, 0.717) is 5.33 Å². The molecule has 10 heteroatoms. The van der Waals surface area contributed by atoms with Crippen molar-refractivity contribution >= 4 is 63.5 Å². The maximum absolute atomic E-state index is 12.7. The van der Waals surface area contributed by atoms with Crippen LogP contribution in [0.25, 0.3) is 0 Å². The van der Waals surface area contributed by atoms with E-state index in [9.17, 15) is 8.78 Å². The zero-order valence-electron chi connectivity index (χ0n) is 13.3. The number of rotatable bonds is 3. The van der Waals surface area contributed by atoms with E-state index in [1.54, 1.807) is 24.2 Å². The smallest absolute Gasteiger partial charge is 0.796 e. The van der Waals surface area contributed by atoms with E-state index in [1.807, 2.05) is 6.26 Å². The van der Waals surface area contributed by atoms with Crippen molar-refractivity contribution in [3.63, 3.8) is 0 Å². The first-order chi connectivity index (χ1) is 11.0. The average molecular weight is 502 g/mol. The maximum atomic E-state index is 12.7. The Kier molecular flexibility index (Phi) is 22.4. The molecule has 0 amide bonds. The fourth-order valence-electron chi connectivity index (χ4n) is 1.24. The van der Waals surface area contributed by atoms with Crippen LogP contribution in [-0.4, -0.2) is 22.5 Å². The number of thioether (sulfide) groups is 1. The second kappa shape index (κ2) is 18.3. The molecule has 25 heavy (non-hydrogen) atoms. The summed E-state index contributed by atoms with van der Waals surface area (Å²) in [5, 5.41) is 0.452. The number of aromatic nitrogens is 2. The molecule has 0 bridgehead atoms. The second-order valence-electron chi connectivity index (χ2n) is 3.80. The molecular formula is C15H18BrCl2F2N2NaS2. The van der Waals surface area contributed by atoms with E-state index in [4.69, 9.17) is 23.2 Å². The van der Waals surface area contributed by atoms with E-state index in [1.165, 1.54) is 18.3 Å². The van der Waals surface area contributed by atoms with Crippen LogP contribution in [0.4, 0.5) is 8.78 Å². The Morgan fingerprint density at radius 2 is 1.44 bits per heavy atom. The van der Waals surface area contributed by atoms with Gasteiger partial charge in [-0.2, -0.15) is 18.0 Å². The Hall–Kier alpha value is 0.920. The summed E-state index contributed by atoms with van der Waals surface area (Å²) >= 11 is 19.6. The molecular weight excluding hydrogens is 484 g/mol. The summed E-state index contributed by atoms with van der Waals surface area (Å²) in [6, 6.07) is 2.76. The van der Waals surface area contributed by atoms with Gasteiger partial charge in [0.2, 0.25) is 0 Å². The summed E-state index contributed by atoms with van der Waals surface area (Å²) in [6.45, 7) is 0. The summed E-state index contributed by atoms with van der Waals surface area (Å²) in [5.41, 5.74) is 1.64. The van der Waals surface area contributed by atoms with Crippen molar-refractivity contribution in [2.24, 2.45) is 0 Å². The van der Waals surface area contributed by atoms with Crippen molar-refractivity contribution in [3.8, 4) is 0 Å². The largest absolute Gasteiger partial charge is 1.00 e. The van der Waals surface area contributed by atoms with Gasteiger partial charge in [-0.3, -0.25) is 0 Å². The van der Waals surface area contributed by atoms with Crippen LogP contribution in [0.5, 0.6) is 0 Å². The molecule has 0 saturated heterocycles. The number of hydrogen-bond donors (Lipinski definition) is 0. The maximum Gasteiger partial charge on any atom is 1.00 e. The van der Waals surface area contributed by atoms with Crippen LogP contribution in [0, 0.1) is 11.6 Å². The number of alkyl halides is 1. The van der Waals surface area contributed by atoms with Gasteiger partial charge in [-0.1, -0.05) is 46.6 Å². The minimum atomic E-state index is -0.474. The Morgan fingerprint density at radius 1 is 1.04 bits per heavy atom. The van der Waals surface area contributed by atoms with E-state index >= 15 is 0 Å². The number of nitrogens with zero attached hydrogens (tertiary/aromatic N) is 2. The zero-order chi connectivity index (χ0) is 17.8. The Balaban J connectivity index is -0.000000329. The first-order valence-electron chi connectivity index (χ1n) is 6.03. The van der Waals surface area contributed by atoms with Crippen molar-refractivity contribution in [1.29, 1.82) is 0 Å². The molecule has 2 heterocycles. The van der Waals surface area contributed by atoms with Crippen LogP contribution in [0.15, 0.2) is 24.5 Å². The predicted molar refractivity (Wildman–Crippen MR) is 108 cm³/mol. The third kappa shape index (κ3) is 12.8. The van der Waals surface area contributed by atoms with Gasteiger partial charge in [-0.25, -0.2) is 18.7 Å². The molecule has 0 fully saturated rings. The average Bonchev–Trinajstić information content (AvgIpc) is 2.56. The Bertz CT molecular complexity index is 614. The molecule has 0 aliphatic rings. The van der Waals surface area contributed by atoms with Crippen LogP contribution in [0.2, 0.25) is 10.3 Å². The molecule has 0 radical (unpaired) electrons. The molecule has 0 aliphatic heterocycles. The molecule has 0 aliphatic carbocycles. The van der Waals surface area contributed by atoms with Crippen LogP contribution in [0.3, 0.4) is 0 Å². The minimum absolute atomic E-state index is 0. The molecule has 136 valence electrons. The molecule has 0 N–H and O–H groups in total. The third-order valence-electron chi connectivity index (χ3n) is 2.17. The topological polar surface area (TPSA) is 25.8 Å². The number of pyridine rings is 2. The van der Waals surface area contributed by atoms with E-state index in [0.717, 1.165) is 16.9 Å². The van der Waals surface area contributed by atoms with Gasteiger partial charge >= 0.3 is 29.6 Å². The fraction of sp³-hybridized carbons (Fsp3) is 0.333. The molecule has 0 atom stereocenters. The quantitative estimate of drug-likeness (QED) is 0.279. The predicted octanol–water partition coefficient (Wildman–Crippen LogP) is 3.31. The zero-order valence-corrected chi connectivity index (χ0v) is 20.1. The molecule has 0 spiro atoms. The van der Waals surface area contributed by atoms with E-state index in [2.05, 4.69) is 38.5 Å². The second-order valence-corrected chi connectivity index (χ2v) is 5.94.